The molecular formula is C28H31F2N3O2. The second-order valence-corrected chi connectivity index (χ2v) is 9.43. The maximum Gasteiger partial charge on any atom is 0.253 e. The summed E-state index contributed by atoms with van der Waals surface area (Å²) in [5.41, 5.74) is 5.27. The Morgan fingerprint density at radius 2 is 1.77 bits per heavy atom. The first-order valence-corrected chi connectivity index (χ1v) is 12.1. The molecule has 1 aliphatic rings. The molecule has 0 bridgehead atoms. The summed E-state index contributed by atoms with van der Waals surface area (Å²) >= 11 is 0. The molecule has 35 heavy (non-hydrogen) atoms. The molecular weight excluding hydrogens is 448 g/mol. The minimum atomic E-state index is -0.672. The summed E-state index contributed by atoms with van der Waals surface area (Å²) in [5.74, 6) is -1.66. The van der Waals surface area contributed by atoms with Crippen molar-refractivity contribution in [1.82, 2.24) is 10.3 Å². The summed E-state index contributed by atoms with van der Waals surface area (Å²) in [6.45, 7) is 8.89. The van der Waals surface area contributed by atoms with Gasteiger partial charge in [-0.2, -0.15) is 0 Å². The van der Waals surface area contributed by atoms with E-state index in [0.29, 0.717) is 28.7 Å². The number of benzene rings is 2. The maximum absolute atomic E-state index is 14.0. The summed E-state index contributed by atoms with van der Waals surface area (Å²) in [4.78, 5) is 31.0. The molecule has 2 aromatic carbocycles. The van der Waals surface area contributed by atoms with Crippen LogP contribution in [-0.2, 0) is 19.4 Å². The van der Waals surface area contributed by atoms with Crippen molar-refractivity contribution in [3.05, 3.63) is 86.3 Å². The smallest absolute Gasteiger partial charge is 0.253 e. The van der Waals surface area contributed by atoms with Crippen molar-refractivity contribution >= 4 is 11.6 Å². The van der Waals surface area contributed by atoms with Gasteiger partial charge < -0.3 is 15.2 Å². The number of H-pyrrole nitrogens is 1. The number of carbonyl (C=O) groups excluding carboxylic acids is 1. The molecule has 2 N–H and O–H groups in total. The van der Waals surface area contributed by atoms with Crippen LogP contribution < -0.4 is 15.8 Å². The third kappa shape index (κ3) is 5.14. The number of anilines is 1. The monoisotopic (exact) mass is 479 g/mol. The molecule has 1 aromatic heterocycles. The van der Waals surface area contributed by atoms with Gasteiger partial charge in [0, 0.05) is 47.7 Å². The van der Waals surface area contributed by atoms with Crippen LogP contribution in [0.3, 0.4) is 0 Å². The summed E-state index contributed by atoms with van der Waals surface area (Å²) in [6.07, 6.45) is 2.32. The number of hydrogen-bond donors (Lipinski definition) is 2. The summed E-state index contributed by atoms with van der Waals surface area (Å²) in [6, 6.07) is 9.11. The van der Waals surface area contributed by atoms with Crippen molar-refractivity contribution in [3.8, 4) is 11.1 Å². The Labute approximate surface area is 204 Å². The first kappa shape index (κ1) is 24.6. The highest BCUT2D eigenvalue weighted by Crippen LogP contribution is 2.37. The van der Waals surface area contributed by atoms with Crippen molar-refractivity contribution in [2.45, 2.75) is 59.5 Å². The Morgan fingerprint density at radius 3 is 2.43 bits per heavy atom. The molecule has 7 heteroatoms. The molecule has 1 aliphatic heterocycles. The number of halogens is 2. The lowest BCUT2D eigenvalue weighted by molar-refractivity contribution is 0.0950. The highest BCUT2D eigenvalue weighted by Gasteiger charge is 2.27. The van der Waals surface area contributed by atoms with Crippen LogP contribution >= 0.6 is 0 Å². The van der Waals surface area contributed by atoms with Gasteiger partial charge in [-0.05, 0) is 86.2 Å². The van der Waals surface area contributed by atoms with E-state index < -0.39 is 11.6 Å². The van der Waals surface area contributed by atoms with Gasteiger partial charge in [0.1, 0.15) is 11.6 Å². The summed E-state index contributed by atoms with van der Waals surface area (Å²) in [7, 11) is 0. The Balaban J connectivity index is 1.73. The molecule has 0 unspecified atom stereocenters. The molecule has 3 aromatic rings. The minimum Gasteiger partial charge on any atom is -0.369 e. The predicted molar refractivity (Wildman–Crippen MR) is 135 cm³/mol. The van der Waals surface area contributed by atoms with Crippen LogP contribution in [0, 0.1) is 18.6 Å². The average Bonchev–Trinajstić information content (AvgIpc) is 3.21. The molecule has 0 fully saturated rings. The first-order valence-electron chi connectivity index (χ1n) is 12.1. The van der Waals surface area contributed by atoms with Crippen molar-refractivity contribution in [1.29, 1.82) is 0 Å². The molecule has 0 atom stereocenters. The molecule has 4 rings (SSSR count). The second-order valence-electron chi connectivity index (χ2n) is 9.43. The molecule has 0 saturated heterocycles. The highest BCUT2D eigenvalue weighted by atomic mass is 19.1. The summed E-state index contributed by atoms with van der Waals surface area (Å²) in [5, 5.41) is 2.92. The van der Waals surface area contributed by atoms with E-state index in [4.69, 9.17) is 0 Å². The lowest BCUT2D eigenvalue weighted by Gasteiger charge is -2.25. The molecule has 0 saturated carbocycles. The lowest BCUT2D eigenvalue weighted by atomic mass is 9.96. The Hall–Kier alpha value is -3.48. The number of carbonyl (C=O) groups is 1. The average molecular weight is 480 g/mol. The number of nitrogens with one attached hydrogen (secondary N) is 2. The van der Waals surface area contributed by atoms with Gasteiger partial charge in [0.2, 0.25) is 0 Å². The topological polar surface area (TPSA) is 65.2 Å². The molecule has 184 valence electrons. The van der Waals surface area contributed by atoms with Gasteiger partial charge in [0.25, 0.3) is 11.5 Å². The normalized spacial score (nSPS) is 12.8. The number of nitrogens with zero attached hydrogens (tertiary/aromatic N) is 1. The number of aryl methyl sites for hydroxylation is 2. The fraction of sp³-hybridized carbons (Fsp3) is 0.357. The number of hydrogen-bond acceptors (Lipinski definition) is 3. The van der Waals surface area contributed by atoms with Crippen molar-refractivity contribution in [2.75, 3.05) is 11.4 Å². The van der Waals surface area contributed by atoms with Crippen molar-refractivity contribution in [3.63, 3.8) is 0 Å². The van der Waals surface area contributed by atoms with Gasteiger partial charge in [-0.15, -0.1) is 0 Å². The first-order chi connectivity index (χ1) is 16.7. The van der Waals surface area contributed by atoms with E-state index >= 15 is 0 Å². The van der Waals surface area contributed by atoms with Crippen LogP contribution in [-0.4, -0.2) is 23.5 Å². The van der Waals surface area contributed by atoms with E-state index in [1.807, 2.05) is 26.0 Å². The van der Waals surface area contributed by atoms with Crippen molar-refractivity contribution in [2.24, 2.45) is 0 Å². The van der Waals surface area contributed by atoms with Crippen LogP contribution in [0.25, 0.3) is 11.1 Å². The lowest BCUT2D eigenvalue weighted by Crippen LogP contribution is -2.29. The quantitative estimate of drug-likeness (QED) is 0.485. The van der Waals surface area contributed by atoms with E-state index in [1.165, 1.54) is 12.1 Å². The zero-order chi connectivity index (χ0) is 25.3. The van der Waals surface area contributed by atoms with Crippen LogP contribution in [0.15, 0.2) is 41.2 Å². The van der Waals surface area contributed by atoms with Gasteiger partial charge in [-0.3, -0.25) is 9.59 Å². The fourth-order valence-corrected chi connectivity index (χ4v) is 4.89. The van der Waals surface area contributed by atoms with Gasteiger partial charge in [-0.25, -0.2) is 8.78 Å². The van der Waals surface area contributed by atoms with Crippen LogP contribution in [0.2, 0.25) is 0 Å². The highest BCUT2D eigenvalue weighted by molar-refractivity contribution is 5.99. The molecule has 0 spiro atoms. The van der Waals surface area contributed by atoms with Crippen LogP contribution in [0.4, 0.5) is 14.5 Å². The molecule has 1 amide bonds. The number of rotatable bonds is 7. The van der Waals surface area contributed by atoms with Gasteiger partial charge in [-0.1, -0.05) is 13.3 Å². The zero-order valence-corrected chi connectivity index (χ0v) is 20.6. The van der Waals surface area contributed by atoms with Gasteiger partial charge in [0.15, 0.2) is 0 Å². The van der Waals surface area contributed by atoms with Gasteiger partial charge >= 0.3 is 0 Å². The van der Waals surface area contributed by atoms with Gasteiger partial charge in [0.05, 0.1) is 0 Å². The Kier molecular flexibility index (Phi) is 7.05. The SMILES string of the molecule is CCCc1cc(C)[nH]c(=O)c1CNC(=O)c1cc(-c2cc(F)cc(F)c2)cc2c1CCN2C(C)C. The van der Waals surface area contributed by atoms with Crippen LogP contribution in [0.5, 0.6) is 0 Å². The Morgan fingerprint density at radius 1 is 1.09 bits per heavy atom. The zero-order valence-electron chi connectivity index (χ0n) is 20.6. The number of pyridine rings is 1. The third-order valence-corrected chi connectivity index (χ3v) is 6.51. The van der Waals surface area contributed by atoms with E-state index in [1.54, 1.807) is 6.07 Å². The summed E-state index contributed by atoms with van der Waals surface area (Å²) < 4.78 is 27.9. The number of fused-ring (bicyclic) bond motifs is 1. The molecule has 0 aliphatic carbocycles. The number of aromatic nitrogens is 1. The Bertz CT molecular complexity index is 1310. The molecule has 2 heterocycles. The largest absolute Gasteiger partial charge is 0.369 e. The van der Waals surface area contributed by atoms with Crippen LogP contribution in [0.1, 0.15) is 59.9 Å². The molecule has 0 radical (unpaired) electrons. The molecule has 5 nitrogen and oxygen atoms in total. The van der Waals surface area contributed by atoms with E-state index in [9.17, 15) is 18.4 Å². The second kappa shape index (κ2) is 10.0. The maximum atomic E-state index is 14.0. The number of amides is 1. The van der Waals surface area contributed by atoms with E-state index in [-0.39, 0.29) is 24.1 Å². The number of aromatic amines is 1. The third-order valence-electron chi connectivity index (χ3n) is 6.51. The van der Waals surface area contributed by atoms with Crippen molar-refractivity contribution < 1.29 is 13.6 Å². The predicted octanol–water partition coefficient (Wildman–Crippen LogP) is 5.28. The minimum absolute atomic E-state index is 0.102. The van der Waals surface area contributed by atoms with E-state index in [2.05, 4.69) is 29.0 Å². The van der Waals surface area contributed by atoms with E-state index in [0.717, 1.165) is 48.0 Å². The standard InChI is InChI=1S/C28H31F2N3O2/c1-5-6-18-9-17(4)32-28(35)25(18)15-31-27(34)24-12-20(19-10-21(29)14-22(30)11-19)13-26-23(24)7-8-33(26)16(2)3/h9-14,16H,5-8,15H2,1-4H3,(H,31,34)(H,32,35). The fourth-order valence-electron chi connectivity index (χ4n) is 4.89.